The second-order valence-electron chi connectivity index (χ2n) is 3.71. The first kappa shape index (κ1) is 11.1. The Balaban J connectivity index is 2.39. The van der Waals surface area contributed by atoms with Crippen LogP contribution >= 0.6 is 11.3 Å². The predicted molar refractivity (Wildman–Crippen MR) is 65.1 cm³/mol. The van der Waals surface area contributed by atoms with Gasteiger partial charge in [-0.15, -0.1) is 11.3 Å². The third-order valence-corrected chi connectivity index (χ3v) is 3.79. The molecule has 3 nitrogen and oxygen atoms in total. The molecule has 0 spiro atoms. The standard InChI is InChI=1S/C12H14N2OS/c1-4-14-10(5-6-13-14)12(15)11-7-8(2)9(3)16-11/h5-7H,4H2,1-3H3. The van der Waals surface area contributed by atoms with E-state index in [9.17, 15) is 4.79 Å². The second-order valence-corrected chi connectivity index (χ2v) is 4.97. The van der Waals surface area contributed by atoms with Gasteiger partial charge in [0.1, 0.15) is 5.69 Å². The lowest BCUT2D eigenvalue weighted by Gasteiger charge is -2.01. The Labute approximate surface area is 98.7 Å². The van der Waals surface area contributed by atoms with E-state index in [2.05, 4.69) is 5.10 Å². The summed E-state index contributed by atoms with van der Waals surface area (Å²) in [6.45, 7) is 6.76. The van der Waals surface area contributed by atoms with E-state index in [4.69, 9.17) is 0 Å². The topological polar surface area (TPSA) is 34.9 Å². The fourth-order valence-electron chi connectivity index (χ4n) is 1.59. The van der Waals surface area contributed by atoms with Crippen molar-refractivity contribution in [3.63, 3.8) is 0 Å². The van der Waals surface area contributed by atoms with Crippen molar-refractivity contribution in [1.29, 1.82) is 0 Å². The molecule has 2 aromatic rings. The molecule has 0 fully saturated rings. The minimum atomic E-state index is 0.0700. The van der Waals surface area contributed by atoms with Crippen molar-refractivity contribution in [1.82, 2.24) is 9.78 Å². The number of nitrogens with zero attached hydrogens (tertiary/aromatic N) is 2. The van der Waals surface area contributed by atoms with Crippen LogP contribution in [0.4, 0.5) is 0 Å². The van der Waals surface area contributed by atoms with E-state index in [1.807, 2.05) is 26.8 Å². The van der Waals surface area contributed by atoms with Crippen molar-refractivity contribution in [3.8, 4) is 0 Å². The summed E-state index contributed by atoms with van der Waals surface area (Å²) < 4.78 is 1.73. The van der Waals surface area contributed by atoms with Crippen LogP contribution in [0.3, 0.4) is 0 Å². The monoisotopic (exact) mass is 234 g/mol. The van der Waals surface area contributed by atoms with Crippen LogP contribution < -0.4 is 0 Å². The third-order valence-electron chi connectivity index (χ3n) is 2.64. The zero-order chi connectivity index (χ0) is 11.7. The number of aromatic nitrogens is 2. The van der Waals surface area contributed by atoms with Gasteiger partial charge in [-0.1, -0.05) is 0 Å². The van der Waals surface area contributed by atoms with Crippen molar-refractivity contribution in [2.24, 2.45) is 0 Å². The molecule has 0 saturated carbocycles. The first-order valence-corrected chi connectivity index (χ1v) is 6.08. The lowest BCUT2D eigenvalue weighted by atomic mass is 10.2. The average Bonchev–Trinajstić information content (AvgIpc) is 2.85. The Hall–Kier alpha value is -1.42. The first-order chi connectivity index (χ1) is 7.63. The molecule has 0 amide bonds. The Kier molecular flexibility index (Phi) is 2.92. The summed E-state index contributed by atoms with van der Waals surface area (Å²) in [6.07, 6.45) is 1.67. The molecule has 0 atom stereocenters. The highest BCUT2D eigenvalue weighted by atomic mass is 32.1. The fraction of sp³-hybridized carbons (Fsp3) is 0.333. The lowest BCUT2D eigenvalue weighted by Crippen LogP contribution is -2.09. The molecular formula is C12H14N2OS. The molecule has 0 aliphatic rings. The van der Waals surface area contributed by atoms with Gasteiger partial charge in [0.25, 0.3) is 0 Å². The minimum absolute atomic E-state index is 0.0700. The molecule has 0 unspecified atom stereocenters. The molecule has 0 aliphatic carbocycles. The molecule has 84 valence electrons. The Bertz CT molecular complexity index is 505. The van der Waals surface area contributed by atoms with Crippen LogP contribution in [0.25, 0.3) is 0 Å². The predicted octanol–water partition coefficient (Wildman–Crippen LogP) is 2.81. The van der Waals surface area contributed by atoms with Crippen molar-refractivity contribution in [2.45, 2.75) is 27.3 Å². The SMILES string of the molecule is CCn1nccc1C(=O)c1cc(C)c(C)s1. The van der Waals surface area contributed by atoms with Crippen molar-refractivity contribution < 1.29 is 4.79 Å². The van der Waals surface area contributed by atoms with E-state index in [1.165, 1.54) is 10.4 Å². The summed E-state index contributed by atoms with van der Waals surface area (Å²) >= 11 is 1.55. The van der Waals surface area contributed by atoms with Gasteiger partial charge in [-0.2, -0.15) is 5.10 Å². The van der Waals surface area contributed by atoms with Crippen LogP contribution in [0.5, 0.6) is 0 Å². The maximum atomic E-state index is 12.2. The van der Waals surface area contributed by atoms with Crippen LogP contribution in [0.1, 0.15) is 32.7 Å². The molecule has 4 heteroatoms. The highest BCUT2D eigenvalue weighted by molar-refractivity contribution is 7.14. The van der Waals surface area contributed by atoms with E-state index >= 15 is 0 Å². The normalized spacial score (nSPS) is 10.7. The van der Waals surface area contributed by atoms with Crippen molar-refractivity contribution in [3.05, 3.63) is 39.3 Å². The summed E-state index contributed by atoms with van der Waals surface area (Å²) in [5.41, 5.74) is 1.85. The van der Waals surface area contributed by atoms with Crippen LogP contribution in [0, 0.1) is 13.8 Å². The summed E-state index contributed by atoms with van der Waals surface area (Å²) in [6, 6.07) is 3.73. The van der Waals surface area contributed by atoms with Gasteiger partial charge in [-0.3, -0.25) is 9.48 Å². The van der Waals surface area contributed by atoms with E-state index in [1.54, 1.807) is 28.3 Å². The van der Waals surface area contributed by atoms with Gasteiger partial charge in [-0.25, -0.2) is 0 Å². The molecule has 0 aliphatic heterocycles. The number of hydrogen-bond donors (Lipinski definition) is 0. The van der Waals surface area contributed by atoms with Crippen LogP contribution in [-0.2, 0) is 6.54 Å². The minimum Gasteiger partial charge on any atom is -0.286 e. The number of aryl methyl sites for hydroxylation is 3. The van der Waals surface area contributed by atoms with Gasteiger partial charge in [0, 0.05) is 17.6 Å². The molecule has 2 heterocycles. The van der Waals surface area contributed by atoms with Crippen LogP contribution in [-0.4, -0.2) is 15.6 Å². The Morgan fingerprint density at radius 2 is 2.25 bits per heavy atom. The average molecular weight is 234 g/mol. The fourth-order valence-corrected chi connectivity index (χ4v) is 2.57. The summed E-state index contributed by atoms with van der Waals surface area (Å²) in [5, 5.41) is 4.11. The van der Waals surface area contributed by atoms with Crippen molar-refractivity contribution >= 4 is 17.1 Å². The number of hydrogen-bond acceptors (Lipinski definition) is 3. The maximum Gasteiger partial charge on any atom is 0.220 e. The summed E-state index contributed by atoms with van der Waals surface area (Å²) in [4.78, 5) is 14.2. The molecule has 0 N–H and O–H groups in total. The summed E-state index contributed by atoms with van der Waals surface area (Å²) in [5.74, 6) is 0.0700. The highest BCUT2D eigenvalue weighted by Crippen LogP contribution is 2.23. The van der Waals surface area contributed by atoms with Gasteiger partial charge in [0.2, 0.25) is 5.78 Å². The second kappa shape index (κ2) is 4.22. The maximum absolute atomic E-state index is 12.2. The number of rotatable bonds is 3. The Morgan fingerprint density at radius 1 is 1.50 bits per heavy atom. The van der Waals surface area contributed by atoms with Gasteiger partial charge in [0.15, 0.2) is 0 Å². The van der Waals surface area contributed by atoms with Gasteiger partial charge >= 0.3 is 0 Å². The van der Waals surface area contributed by atoms with E-state index in [0.717, 1.165) is 11.4 Å². The number of carbonyl (C=O) groups excluding carboxylic acids is 1. The molecular weight excluding hydrogens is 220 g/mol. The molecule has 2 aromatic heterocycles. The van der Waals surface area contributed by atoms with E-state index < -0.39 is 0 Å². The quantitative estimate of drug-likeness (QED) is 0.765. The smallest absolute Gasteiger partial charge is 0.220 e. The van der Waals surface area contributed by atoms with Gasteiger partial charge in [0.05, 0.1) is 4.88 Å². The van der Waals surface area contributed by atoms with E-state index in [-0.39, 0.29) is 5.78 Å². The zero-order valence-electron chi connectivity index (χ0n) is 9.65. The molecule has 0 aromatic carbocycles. The zero-order valence-corrected chi connectivity index (χ0v) is 10.5. The van der Waals surface area contributed by atoms with Crippen molar-refractivity contribution in [2.75, 3.05) is 0 Å². The molecule has 16 heavy (non-hydrogen) atoms. The first-order valence-electron chi connectivity index (χ1n) is 5.27. The summed E-state index contributed by atoms with van der Waals surface area (Å²) in [7, 11) is 0. The van der Waals surface area contributed by atoms with Gasteiger partial charge < -0.3 is 0 Å². The molecule has 0 radical (unpaired) electrons. The molecule has 0 saturated heterocycles. The largest absolute Gasteiger partial charge is 0.286 e. The van der Waals surface area contributed by atoms with Crippen LogP contribution in [0.15, 0.2) is 18.3 Å². The molecule has 0 bridgehead atoms. The van der Waals surface area contributed by atoms with E-state index in [0.29, 0.717) is 5.69 Å². The number of carbonyl (C=O) groups is 1. The third kappa shape index (κ3) is 1.80. The lowest BCUT2D eigenvalue weighted by molar-refractivity contribution is 0.103. The number of thiophene rings is 1. The van der Waals surface area contributed by atoms with Gasteiger partial charge in [-0.05, 0) is 38.5 Å². The highest BCUT2D eigenvalue weighted by Gasteiger charge is 2.16. The Morgan fingerprint density at radius 3 is 2.81 bits per heavy atom. The number of ketones is 1. The van der Waals surface area contributed by atoms with Crippen LogP contribution in [0.2, 0.25) is 0 Å². The molecule has 2 rings (SSSR count).